The molecule has 6 rings (SSSR count). The van der Waals surface area contributed by atoms with Gasteiger partial charge in [-0.15, -0.1) is 0 Å². The normalized spacial score (nSPS) is 15.7. The minimum atomic E-state index is -0.696. The number of hydrogen-bond acceptors (Lipinski definition) is 7. The van der Waals surface area contributed by atoms with Crippen molar-refractivity contribution in [1.29, 1.82) is 0 Å². The maximum absolute atomic E-state index is 14.4. The van der Waals surface area contributed by atoms with Crippen molar-refractivity contribution in [2.45, 2.75) is 33.2 Å². The van der Waals surface area contributed by atoms with Gasteiger partial charge in [0, 0.05) is 43.7 Å². The highest BCUT2D eigenvalue weighted by atomic mass is 19.1. The Balaban J connectivity index is 0.000000234. The highest BCUT2D eigenvalue weighted by Crippen LogP contribution is 2.30. The third-order valence-electron chi connectivity index (χ3n) is 6.11. The topological polar surface area (TPSA) is 81.8 Å². The molecular formula is C25H27F2N7O. The lowest BCUT2D eigenvalue weighted by Gasteiger charge is -2.27. The highest BCUT2D eigenvalue weighted by Gasteiger charge is 2.22. The molecule has 1 saturated carbocycles. The van der Waals surface area contributed by atoms with Crippen LogP contribution in [-0.2, 0) is 11.3 Å². The van der Waals surface area contributed by atoms with Crippen LogP contribution in [0.5, 0.6) is 0 Å². The molecule has 4 aromatic rings. The average molecular weight is 480 g/mol. The summed E-state index contributed by atoms with van der Waals surface area (Å²) in [5.74, 6) is 0.0380. The van der Waals surface area contributed by atoms with Crippen LogP contribution in [0.25, 0.3) is 22.4 Å². The first-order chi connectivity index (χ1) is 17.0. The Morgan fingerprint density at radius 1 is 1.00 bits per heavy atom. The number of hydrogen-bond donors (Lipinski definition) is 0. The molecule has 10 heteroatoms. The number of fused-ring (bicyclic) bond motifs is 1. The molecule has 4 heterocycles. The van der Waals surface area contributed by atoms with Crippen molar-refractivity contribution in [3.8, 4) is 11.3 Å². The van der Waals surface area contributed by atoms with Gasteiger partial charge in [0.2, 0.25) is 5.95 Å². The van der Waals surface area contributed by atoms with Gasteiger partial charge in [-0.1, -0.05) is 0 Å². The number of anilines is 1. The van der Waals surface area contributed by atoms with E-state index >= 15 is 0 Å². The van der Waals surface area contributed by atoms with Crippen molar-refractivity contribution in [2.24, 2.45) is 5.92 Å². The number of ether oxygens (including phenoxy) is 1. The Kier molecular flexibility index (Phi) is 6.63. The highest BCUT2D eigenvalue weighted by molar-refractivity contribution is 5.88. The standard InChI is InChI=1S/C18H17F2N5O.C7H10N2/c1-10-11(2)22-17-16(21-10)15(13-4-3-12(19)9-14(13)20)23-18(24-17)25-5-7-26-8-6-25;1-4-8-9(5-1)6-7-2-3-7/h3-4,9H,5-8H2,1-2H3;1,4-5,7H,2-3,6H2. The number of nitrogens with zero attached hydrogens (tertiary/aromatic N) is 7. The van der Waals surface area contributed by atoms with Crippen LogP contribution >= 0.6 is 0 Å². The lowest BCUT2D eigenvalue weighted by molar-refractivity contribution is 0.122. The van der Waals surface area contributed by atoms with E-state index < -0.39 is 11.6 Å². The zero-order valence-electron chi connectivity index (χ0n) is 19.8. The van der Waals surface area contributed by atoms with Crippen molar-refractivity contribution >= 4 is 17.1 Å². The van der Waals surface area contributed by atoms with Crippen LogP contribution in [-0.4, -0.2) is 56.0 Å². The lowest BCUT2D eigenvalue weighted by atomic mass is 10.1. The number of halogens is 2. The smallest absolute Gasteiger partial charge is 0.228 e. The Labute approximate surface area is 202 Å². The maximum atomic E-state index is 14.4. The average Bonchev–Trinajstić information content (AvgIpc) is 3.52. The number of rotatable bonds is 4. The summed E-state index contributed by atoms with van der Waals surface area (Å²) in [6.45, 7) is 7.20. The molecule has 182 valence electrons. The molecule has 2 aliphatic rings. The van der Waals surface area contributed by atoms with Crippen molar-refractivity contribution < 1.29 is 13.5 Å². The first kappa shape index (κ1) is 23.2. The van der Waals surface area contributed by atoms with Gasteiger partial charge in [-0.3, -0.25) is 4.68 Å². The molecule has 2 fully saturated rings. The molecule has 3 aromatic heterocycles. The van der Waals surface area contributed by atoms with E-state index in [-0.39, 0.29) is 5.56 Å². The molecule has 0 spiro atoms. The predicted molar refractivity (Wildman–Crippen MR) is 128 cm³/mol. The number of aryl methyl sites for hydroxylation is 2. The Morgan fingerprint density at radius 2 is 1.77 bits per heavy atom. The van der Waals surface area contributed by atoms with Crippen molar-refractivity contribution in [2.75, 3.05) is 31.2 Å². The van der Waals surface area contributed by atoms with Gasteiger partial charge in [-0.05, 0) is 50.8 Å². The van der Waals surface area contributed by atoms with Crippen LogP contribution in [0.2, 0.25) is 0 Å². The third kappa shape index (κ3) is 5.43. The molecule has 8 nitrogen and oxygen atoms in total. The molecule has 1 aromatic carbocycles. The molecule has 1 aliphatic carbocycles. The lowest BCUT2D eigenvalue weighted by Crippen LogP contribution is -2.37. The van der Waals surface area contributed by atoms with Crippen LogP contribution in [0.4, 0.5) is 14.7 Å². The number of aromatic nitrogens is 6. The molecule has 0 atom stereocenters. The summed E-state index contributed by atoms with van der Waals surface area (Å²) in [5, 5.41) is 4.11. The molecule has 0 radical (unpaired) electrons. The second-order valence-corrected chi connectivity index (χ2v) is 8.83. The van der Waals surface area contributed by atoms with E-state index in [1.807, 2.05) is 41.9 Å². The van der Waals surface area contributed by atoms with Gasteiger partial charge >= 0.3 is 0 Å². The Hall–Kier alpha value is -3.53. The minimum Gasteiger partial charge on any atom is -0.378 e. The van der Waals surface area contributed by atoms with E-state index in [4.69, 9.17) is 4.74 Å². The SMILES string of the molecule is Cc1nc2nc(N3CCOCC3)nc(-c3ccc(F)cc3F)c2nc1C.c1cnn(CC2CC2)c1. The maximum Gasteiger partial charge on any atom is 0.228 e. The summed E-state index contributed by atoms with van der Waals surface area (Å²) < 4.78 is 35.2. The molecule has 1 saturated heterocycles. The molecule has 0 N–H and O–H groups in total. The van der Waals surface area contributed by atoms with E-state index in [9.17, 15) is 8.78 Å². The first-order valence-corrected chi connectivity index (χ1v) is 11.8. The monoisotopic (exact) mass is 479 g/mol. The summed E-state index contributed by atoms with van der Waals surface area (Å²) in [5.41, 5.74) is 2.73. The molecule has 35 heavy (non-hydrogen) atoms. The number of morpholine rings is 1. The van der Waals surface area contributed by atoms with E-state index in [0.29, 0.717) is 54.8 Å². The van der Waals surface area contributed by atoms with Crippen LogP contribution in [0.1, 0.15) is 24.2 Å². The Morgan fingerprint density at radius 3 is 2.46 bits per heavy atom. The van der Waals surface area contributed by atoms with Gasteiger partial charge in [0.15, 0.2) is 5.65 Å². The fourth-order valence-corrected chi connectivity index (χ4v) is 3.85. The number of benzene rings is 1. The zero-order valence-corrected chi connectivity index (χ0v) is 19.8. The van der Waals surface area contributed by atoms with E-state index in [0.717, 1.165) is 24.2 Å². The zero-order chi connectivity index (χ0) is 24.4. The van der Waals surface area contributed by atoms with Crippen molar-refractivity contribution in [3.63, 3.8) is 0 Å². The second kappa shape index (κ2) is 9.99. The predicted octanol–water partition coefficient (Wildman–Crippen LogP) is 4.11. The third-order valence-corrected chi connectivity index (χ3v) is 6.11. The van der Waals surface area contributed by atoms with Gasteiger partial charge in [-0.25, -0.2) is 23.7 Å². The van der Waals surface area contributed by atoms with Gasteiger partial charge in [0.05, 0.1) is 24.6 Å². The largest absolute Gasteiger partial charge is 0.378 e. The summed E-state index contributed by atoms with van der Waals surface area (Å²) in [7, 11) is 0. The van der Waals surface area contributed by atoms with E-state index in [1.54, 1.807) is 0 Å². The van der Waals surface area contributed by atoms with Gasteiger partial charge in [0.25, 0.3) is 0 Å². The van der Waals surface area contributed by atoms with Gasteiger partial charge in [0.1, 0.15) is 22.8 Å². The molecular weight excluding hydrogens is 452 g/mol. The molecule has 0 bridgehead atoms. The first-order valence-electron chi connectivity index (χ1n) is 11.8. The van der Waals surface area contributed by atoms with Crippen LogP contribution in [0.3, 0.4) is 0 Å². The van der Waals surface area contributed by atoms with Crippen molar-refractivity contribution in [3.05, 3.63) is 59.7 Å². The molecule has 0 unspecified atom stereocenters. The minimum absolute atomic E-state index is 0.172. The van der Waals surface area contributed by atoms with Gasteiger partial charge < -0.3 is 9.64 Å². The van der Waals surface area contributed by atoms with Crippen LogP contribution < -0.4 is 4.90 Å². The summed E-state index contributed by atoms with van der Waals surface area (Å²) >= 11 is 0. The quantitative estimate of drug-likeness (QED) is 0.436. The fraction of sp³-hybridized carbons (Fsp3) is 0.400. The Bertz CT molecular complexity index is 1320. The summed E-state index contributed by atoms with van der Waals surface area (Å²) in [6, 6.07) is 5.39. The van der Waals surface area contributed by atoms with Crippen LogP contribution in [0.15, 0.2) is 36.7 Å². The van der Waals surface area contributed by atoms with E-state index in [1.165, 1.54) is 25.0 Å². The molecule has 1 aliphatic heterocycles. The van der Waals surface area contributed by atoms with Gasteiger partial charge in [-0.2, -0.15) is 10.1 Å². The fourth-order valence-electron chi connectivity index (χ4n) is 3.85. The second-order valence-electron chi connectivity index (χ2n) is 8.83. The van der Waals surface area contributed by atoms with Crippen LogP contribution in [0, 0.1) is 31.4 Å². The summed E-state index contributed by atoms with van der Waals surface area (Å²) in [6.07, 6.45) is 6.67. The molecule has 0 amide bonds. The van der Waals surface area contributed by atoms with E-state index in [2.05, 4.69) is 25.0 Å². The van der Waals surface area contributed by atoms with Crippen molar-refractivity contribution in [1.82, 2.24) is 29.7 Å². The summed E-state index contributed by atoms with van der Waals surface area (Å²) in [4.78, 5) is 20.0.